The topological polar surface area (TPSA) is 95.9 Å². The molecule has 0 aliphatic carbocycles. The molecule has 0 bridgehead atoms. The van der Waals surface area contributed by atoms with Crippen LogP contribution in [0.2, 0.25) is 0 Å². The van der Waals surface area contributed by atoms with Crippen molar-refractivity contribution in [1.29, 1.82) is 0 Å². The summed E-state index contributed by atoms with van der Waals surface area (Å²) in [5.41, 5.74) is 0. The highest BCUT2D eigenvalue weighted by molar-refractivity contribution is 5.76. The Hall–Kier alpha value is -1.66. The molecule has 0 saturated heterocycles. The van der Waals surface area contributed by atoms with Crippen LogP contribution in [0.4, 0.5) is 0 Å². The number of hydrogen-bond acceptors (Lipinski definition) is 5. The van der Waals surface area contributed by atoms with Crippen LogP contribution in [0.5, 0.6) is 0 Å². The van der Waals surface area contributed by atoms with Gasteiger partial charge >= 0.3 is 5.97 Å². The van der Waals surface area contributed by atoms with E-state index in [-0.39, 0.29) is 18.5 Å². The minimum Gasteiger partial charge on any atom is -0.466 e. The molecule has 0 aromatic rings. The third kappa shape index (κ3) is 37.9. The molecule has 0 saturated carbocycles. The van der Waals surface area contributed by atoms with Crippen LogP contribution in [0.15, 0.2) is 24.3 Å². The maximum absolute atomic E-state index is 12.4. The van der Waals surface area contributed by atoms with Crippen LogP contribution in [0.3, 0.4) is 0 Å². The molecule has 2 atom stereocenters. The Morgan fingerprint density at radius 2 is 1.02 bits per heavy atom. The lowest BCUT2D eigenvalue weighted by Gasteiger charge is -2.22. The van der Waals surface area contributed by atoms with Gasteiger partial charge in [0.1, 0.15) is 0 Å². The molecule has 0 aliphatic heterocycles. The van der Waals surface area contributed by atoms with E-state index in [4.69, 9.17) is 4.74 Å². The number of hydrogen-bond donors (Lipinski definition) is 3. The fourth-order valence-electron chi connectivity index (χ4n) is 6.56. The molecule has 1 amide bonds. The summed E-state index contributed by atoms with van der Waals surface area (Å²) in [4.78, 5) is 24.3. The smallest absolute Gasteiger partial charge is 0.305 e. The van der Waals surface area contributed by atoms with Gasteiger partial charge in [-0.2, -0.15) is 0 Å². The maximum atomic E-state index is 12.4. The molecule has 2 unspecified atom stereocenters. The predicted molar refractivity (Wildman–Crippen MR) is 218 cm³/mol. The number of aliphatic hydroxyl groups excluding tert-OH is 2. The minimum atomic E-state index is -0.677. The summed E-state index contributed by atoms with van der Waals surface area (Å²) in [6.07, 6.45) is 45.5. The van der Waals surface area contributed by atoms with E-state index in [0.717, 1.165) is 70.6 Å². The Labute approximate surface area is 316 Å². The van der Waals surface area contributed by atoms with Gasteiger partial charge < -0.3 is 20.3 Å². The van der Waals surface area contributed by atoms with Crippen molar-refractivity contribution in [3.63, 3.8) is 0 Å². The van der Waals surface area contributed by atoms with Crippen molar-refractivity contribution >= 4 is 11.9 Å². The number of nitrogens with one attached hydrogen (secondary N) is 1. The first kappa shape index (κ1) is 49.3. The first-order chi connectivity index (χ1) is 25.0. The average molecular weight is 720 g/mol. The summed E-state index contributed by atoms with van der Waals surface area (Å²) in [5, 5.41) is 23.1. The second-order valence-corrected chi connectivity index (χ2v) is 15.0. The van der Waals surface area contributed by atoms with Crippen LogP contribution in [-0.2, 0) is 14.3 Å². The summed E-state index contributed by atoms with van der Waals surface area (Å²) in [7, 11) is 0. The van der Waals surface area contributed by atoms with Crippen LogP contribution in [0.25, 0.3) is 0 Å². The molecule has 6 heteroatoms. The monoisotopic (exact) mass is 720 g/mol. The Balaban J connectivity index is 3.50. The van der Waals surface area contributed by atoms with Crippen molar-refractivity contribution in [2.45, 2.75) is 238 Å². The van der Waals surface area contributed by atoms with Gasteiger partial charge in [-0.15, -0.1) is 0 Å². The number of aliphatic hydroxyl groups is 2. The molecule has 3 N–H and O–H groups in total. The summed E-state index contributed by atoms with van der Waals surface area (Å²) < 4.78 is 5.42. The number of carbonyl (C=O) groups is 2. The van der Waals surface area contributed by atoms with E-state index in [2.05, 4.69) is 43.5 Å². The molecule has 0 rings (SSSR count). The van der Waals surface area contributed by atoms with Gasteiger partial charge in [-0.1, -0.05) is 186 Å². The molecule has 0 aromatic heterocycles. The number of rotatable bonds is 40. The highest BCUT2D eigenvalue weighted by Crippen LogP contribution is 2.15. The highest BCUT2D eigenvalue weighted by atomic mass is 16.5. The lowest BCUT2D eigenvalue weighted by atomic mass is 10.0. The van der Waals surface area contributed by atoms with Crippen molar-refractivity contribution in [3.05, 3.63) is 24.3 Å². The Bertz CT molecular complexity index is 797. The molecule has 6 nitrogen and oxygen atoms in total. The Morgan fingerprint density at radius 3 is 1.57 bits per heavy atom. The zero-order valence-electron chi connectivity index (χ0n) is 33.8. The molecular weight excluding hydrogens is 634 g/mol. The van der Waals surface area contributed by atoms with Crippen LogP contribution in [0, 0.1) is 0 Å². The molecule has 0 radical (unpaired) electrons. The normalized spacial score (nSPS) is 12.9. The van der Waals surface area contributed by atoms with Gasteiger partial charge in [0.25, 0.3) is 0 Å². The van der Waals surface area contributed by atoms with Crippen LogP contribution >= 0.6 is 0 Å². The van der Waals surface area contributed by atoms with E-state index >= 15 is 0 Å². The number of esters is 1. The van der Waals surface area contributed by atoms with Crippen LogP contribution in [-0.4, -0.2) is 47.4 Å². The molecular formula is C45H85NO5. The van der Waals surface area contributed by atoms with Gasteiger partial charge in [-0.3, -0.25) is 9.59 Å². The summed E-state index contributed by atoms with van der Waals surface area (Å²) >= 11 is 0. The van der Waals surface area contributed by atoms with Gasteiger partial charge in [-0.05, 0) is 51.4 Å². The number of carbonyl (C=O) groups excluding carboxylic acids is 2. The molecule has 0 fully saturated rings. The van der Waals surface area contributed by atoms with E-state index in [1.54, 1.807) is 0 Å². The van der Waals surface area contributed by atoms with Gasteiger partial charge in [-0.25, -0.2) is 0 Å². The van der Waals surface area contributed by atoms with E-state index in [9.17, 15) is 19.8 Å². The SMILES string of the molecule is CCC/C=C\C/C=C\CCCCCCCC(=O)OCCCCCCCCCCCCC(=O)NC(CO)C(O)CCCCCCCCCCCCC. The van der Waals surface area contributed by atoms with Gasteiger partial charge in [0.2, 0.25) is 5.91 Å². The van der Waals surface area contributed by atoms with Gasteiger partial charge in [0.05, 0.1) is 25.4 Å². The highest BCUT2D eigenvalue weighted by Gasteiger charge is 2.20. The minimum absolute atomic E-state index is 0.0350. The van der Waals surface area contributed by atoms with Crippen molar-refractivity contribution in [2.24, 2.45) is 0 Å². The van der Waals surface area contributed by atoms with Crippen molar-refractivity contribution in [1.82, 2.24) is 5.32 Å². The second kappa shape index (κ2) is 41.1. The maximum Gasteiger partial charge on any atom is 0.305 e. The van der Waals surface area contributed by atoms with E-state index in [1.807, 2.05) is 0 Å². The molecule has 0 aromatic carbocycles. The number of ether oxygens (including phenoxy) is 1. The standard InChI is InChI=1S/C45H85NO5/c1-3-5-7-9-11-13-15-16-18-23-27-31-35-39-45(50)51-40-36-32-28-24-20-19-22-26-30-34-38-44(49)46-42(41-47)43(48)37-33-29-25-21-17-14-12-10-8-6-4-2/h7,9,13,15,42-43,47-48H,3-6,8,10-12,14,16-41H2,1-2H3,(H,46,49)/b9-7-,15-13-. The second-order valence-electron chi connectivity index (χ2n) is 15.0. The fourth-order valence-corrected chi connectivity index (χ4v) is 6.56. The first-order valence-electron chi connectivity index (χ1n) is 22.1. The van der Waals surface area contributed by atoms with Crippen LogP contribution < -0.4 is 5.32 Å². The molecule has 51 heavy (non-hydrogen) atoms. The number of allylic oxidation sites excluding steroid dienone is 4. The summed E-state index contributed by atoms with van der Waals surface area (Å²) in [5.74, 6) is -0.0963. The fraction of sp³-hybridized carbons (Fsp3) is 0.867. The number of unbranched alkanes of at least 4 members (excludes halogenated alkanes) is 25. The van der Waals surface area contributed by atoms with Crippen molar-refractivity contribution in [3.8, 4) is 0 Å². The quantitative estimate of drug-likeness (QED) is 0.0333. The lowest BCUT2D eigenvalue weighted by molar-refractivity contribution is -0.143. The van der Waals surface area contributed by atoms with Crippen LogP contribution in [0.1, 0.15) is 226 Å². The summed E-state index contributed by atoms with van der Waals surface area (Å²) in [6, 6.07) is -0.557. The molecule has 0 spiro atoms. The van der Waals surface area contributed by atoms with Crippen molar-refractivity contribution < 1.29 is 24.5 Å². The average Bonchev–Trinajstić information content (AvgIpc) is 3.13. The van der Waals surface area contributed by atoms with Crippen molar-refractivity contribution in [2.75, 3.05) is 13.2 Å². The lowest BCUT2D eigenvalue weighted by Crippen LogP contribution is -2.45. The number of amides is 1. The van der Waals surface area contributed by atoms with E-state index < -0.39 is 12.1 Å². The van der Waals surface area contributed by atoms with Gasteiger partial charge in [0, 0.05) is 12.8 Å². The largest absolute Gasteiger partial charge is 0.466 e. The Morgan fingerprint density at radius 1 is 0.549 bits per heavy atom. The summed E-state index contributed by atoms with van der Waals surface area (Å²) in [6.45, 7) is 4.80. The molecule has 0 aliphatic rings. The van der Waals surface area contributed by atoms with Gasteiger partial charge in [0.15, 0.2) is 0 Å². The Kier molecular flexibility index (Phi) is 39.8. The zero-order chi connectivity index (χ0) is 37.3. The third-order valence-electron chi connectivity index (χ3n) is 9.98. The van der Waals surface area contributed by atoms with E-state index in [0.29, 0.717) is 25.9 Å². The molecule has 0 heterocycles. The predicted octanol–water partition coefficient (Wildman–Crippen LogP) is 12.4. The zero-order valence-corrected chi connectivity index (χ0v) is 33.8. The third-order valence-corrected chi connectivity index (χ3v) is 9.98. The molecule has 300 valence electrons. The van der Waals surface area contributed by atoms with E-state index in [1.165, 1.54) is 122 Å². The first-order valence-corrected chi connectivity index (χ1v) is 22.1.